The molecule has 1 aliphatic heterocycles. The van der Waals surface area contributed by atoms with Crippen LogP contribution in [0.2, 0.25) is 0 Å². The second kappa shape index (κ2) is 8.92. The molecule has 1 aliphatic rings. The van der Waals surface area contributed by atoms with Gasteiger partial charge in [0, 0.05) is 33.1 Å². The summed E-state index contributed by atoms with van der Waals surface area (Å²) in [5, 5.41) is 3.39. The lowest BCUT2D eigenvalue weighted by atomic mass is 9.95. The van der Waals surface area contributed by atoms with Crippen LogP contribution in [-0.4, -0.2) is 44.0 Å². The van der Waals surface area contributed by atoms with E-state index < -0.39 is 0 Å². The molecule has 2 rings (SSSR count). The zero-order chi connectivity index (χ0) is 17.5. The van der Waals surface area contributed by atoms with Gasteiger partial charge in [0.15, 0.2) is 5.96 Å². The van der Waals surface area contributed by atoms with Crippen molar-refractivity contribution >= 4 is 27.8 Å². The number of amides is 1. The van der Waals surface area contributed by atoms with Crippen molar-refractivity contribution < 1.29 is 9.53 Å². The minimum absolute atomic E-state index is 0.229. The van der Waals surface area contributed by atoms with Crippen molar-refractivity contribution in [2.75, 3.05) is 27.2 Å². The molecule has 132 valence electrons. The standard InChI is InChI=1S/C17H25BrN4O2/c1-20-17(22-7-3-4-13(11-22)9-16(19)23)21-10-12-5-6-15(24-2)14(18)8-12/h5-6,8,13H,3-4,7,9-11H2,1-2H3,(H2,19,23)(H,20,21). The zero-order valence-electron chi connectivity index (χ0n) is 14.2. The van der Waals surface area contributed by atoms with Gasteiger partial charge in [0.05, 0.1) is 11.6 Å². The highest BCUT2D eigenvalue weighted by Gasteiger charge is 2.23. The Kier molecular flexibility index (Phi) is 6.90. The van der Waals surface area contributed by atoms with E-state index in [-0.39, 0.29) is 5.91 Å². The number of piperidine rings is 1. The van der Waals surface area contributed by atoms with E-state index in [9.17, 15) is 4.79 Å². The first-order valence-electron chi connectivity index (χ1n) is 8.09. The molecule has 6 nitrogen and oxygen atoms in total. The summed E-state index contributed by atoms with van der Waals surface area (Å²) >= 11 is 3.50. The van der Waals surface area contributed by atoms with Crippen LogP contribution in [0.25, 0.3) is 0 Å². The normalized spacial score (nSPS) is 18.4. The average molecular weight is 397 g/mol. The van der Waals surface area contributed by atoms with E-state index in [1.165, 1.54) is 0 Å². The number of benzene rings is 1. The Morgan fingerprint density at radius 1 is 1.54 bits per heavy atom. The maximum absolute atomic E-state index is 11.2. The van der Waals surface area contributed by atoms with E-state index in [4.69, 9.17) is 10.5 Å². The summed E-state index contributed by atoms with van der Waals surface area (Å²) in [7, 11) is 3.43. The van der Waals surface area contributed by atoms with Crippen LogP contribution < -0.4 is 15.8 Å². The number of likely N-dealkylation sites (tertiary alicyclic amines) is 1. The minimum Gasteiger partial charge on any atom is -0.496 e. The van der Waals surface area contributed by atoms with Crippen LogP contribution in [0.3, 0.4) is 0 Å². The smallest absolute Gasteiger partial charge is 0.217 e. The van der Waals surface area contributed by atoms with Crippen LogP contribution in [-0.2, 0) is 11.3 Å². The third kappa shape index (κ3) is 5.12. The molecule has 0 radical (unpaired) electrons. The number of nitrogens with zero attached hydrogens (tertiary/aromatic N) is 2. The van der Waals surface area contributed by atoms with Crippen molar-refractivity contribution in [2.45, 2.75) is 25.8 Å². The first-order valence-corrected chi connectivity index (χ1v) is 8.89. The topological polar surface area (TPSA) is 80.0 Å². The Hall–Kier alpha value is -1.76. The SMILES string of the molecule is CN=C(NCc1ccc(OC)c(Br)c1)N1CCCC(CC(N)=O)C1. The first-order chi connectivity index (χ1) is 11.5. The average Bonchev–Trinajstić information content (AvgIpc) is 2.55. The molecule has 24 heavy (non-hydrogen) atoms. The first kappa shape index (κ1) is 18.6. The number of methoxy groups -OCH3 is 1. The molecule has 1 atom stereocenters. The maximum Gasteiger partial charge on any atom is 0.217 e. The Morgan fingerprint density at radius 2 is 2.33 bits per heavy atom. The Labute approximate surface area is 151 Å². The van der Waals surface area contributed by atoms with Crippen molar-refractivity contribution in [1.29, 1.82) is 0 Å². The van der Waals surface area contributed by atoms with Crippen molar-refractivity contribution in [3.8, 4) is 5.75 Å². The number of nitrogens with two attached hydrogens (primary N) is 1. The van der Waals surface area contributed by atoms with Gasteiger partial charge in [0.25, 0.3) is 0 Å². The van der Waals surface area contributed by atoms with E-state index in [0.29, 0.717) is 18.9 Å². The van der Waals surface area contributed by atoms with E-state index in [1.54, 1.807) is 14.2 Å². The van der Waals surface area contributed by atoms with E-state index in [2.05, 4.69) is 31.1 Å². The van der Waals surface area contributed by atoms with Crippen LogP contribution in [0.1, 0.15) is 24.8 Å². The lowest BCUT2D eigenvalue weighted by molar-refractivity contribution is -0.119. The van der Waals surface area contributed by atoms with E-state index in [1.807, 2.05) is 18.2 Å². The fourth-order valence-corrected chi connectivity index (χ4v) is 3.63. The molecule has 1 amide bonds. The highest BCUT2D eigenvalue weighted by molar-refractivity contribution is 9.10. The molecule has 0 aromatic heterocycles. The number of nitrogens with one attached hydrogen (secondary N) is 1. The summed E-state index contributed by atoms with van der Waals surface area (Å²) in [4.78, 5) is 17.7. The third-order valence-electron chi connectivity index (χ3n) is 4.19. The number of carbonyl (C=O) groups excluding carboxylic acids is 1. The summed E-state index contributed by atoms with van der Waals surface area (Å²) < 4.78 is 6.18. The van der Waals surface area contributed by atoms with Gasteiger partial charge in [-0.1, -0.05) is 6.07 Å². The molecule has 1 fully saturated rings. The molecule has 0 aliphatic carbocycles. The number of guanidine groups is 1. The third-order valence-corrected chi connectivity index (χ3v) is 4.81. The predicted octanol–water partition coefficient (Wildman–Crippen LogP) is 2.12. The molecular formula is C17H25BrN4O2. The monoisotopic (exact) mass is 396 g/mol. The second-order valence-electron chi connectivity index (χ2n) is 5.99. The number of aliphatic imine (C=N–C) groups is 1. The minimum atomic E-state index is -0.229. The van der Waals surface area contributed by atoms with Crippen LogP contribution in [0.5, 0.6) is 5.75 Å². The van der Waals surface area contributed by atoms with Gasteiger partial charge in [-0.25, -0.2) is 0 Å². The summed E-state index contributed by atoms with van der Waals surface area (Å²) in [6.45, 7) is 2.43. The predicted molar refractivity (Wildman–Crippen MR) is 99.0 cm³/mol. The molecule has 0 saturated carbocycles. The van der Waals surface area contributed by atoms with Gasteiger partial charge in [-0.05, 0) is 52.4 Å². The van der Waals surface area contributed by atoms with Gasteiger partial charge in [0.1, 0.15) is 5.75 Å². The summed E-state index contributed by atoms with van der Waals surface area (Å²) in [5.74, 6) is 1.75. The summed E-state index contributed by atoms with van der Waals surface area (Å²) in [6.07, 6.45) is 2.54. The molecule has 1 saturated heterocycles. The molecule has 1 aromatic carbocycles. The van der Waals surface area contributed by atoms with Gasteiger partial charge in [-0.3, -0.25) is 9.79 Å². The lowest BCUT2D eigenvalue weighted by Crippen LogP contribution is -2.46. The molecular weight excluding hydrogens is 372 g/mol. The molecule has 1 heterocycles. The van der Waals surface area contributed by atoms with Gasteiger partial charge in [-0.2, -0.15) is 0 Å². The number of carbonyl (C=O) groups is 1. The van der Waals surface area contributed by atoms with Gasteiger partial charge in [0.2, 0.25) is 5.91 Å². The van der Waals surface area contributed by atoms with Crippen LogP contribution in [0.4, 0.5) is 0 Å². The fourth-order valence-electron chi connectivity index (χ4n) is 3.04. The van der Waals surface area contributed by atoms with E-state index >= 15 is 0 Å². The zero-order valence-corrected chi connectivity index (χ0v) is 15.8. The Balaban J connectivity index is 1.94. The van der Waals surface area contributed by atoms with Crippen LogP contribution >= 0.6 is 15.9 Å². The van der Waals surface area contributed by atoms with Crippen molar-refractivity contribution in [3.05, 3.63) is 28.2 Å². The Bertz CT molecular complexity index is 606. The number of hydrogen-bond donors (Lipinski definition) is 2. The largest absolute Gasteiger partial charge is 0.496 e. The molecule has 0 spiro atoms. The number of rotatable bonds is 5. The molecule has 7 heteroatoms. The van der Waals surface area contributed by atoms with Crippen molar-refractivity contribution in [3.63, 3.8) is 0 Å². The molecule has 1 aromatic rings. The number of halogens is 1. The second-order valence-corrected chi connectivity index (χ2v) is 6.85. The molecule has 3 N–H and O–H groups in total. The quantitative estimate of drug-likeness (QED) is 0.589. The number of primary amides is 1. The van der Waals surface area contributed by atoms with Crippen molar-refractivity contribution in [1.82, 2.24) is 10.2 Å². The number of hydrogen-bond acceptors (Lipinski definition) is 3. The van der Waals surface area contributed by atoms with Crippen LogP contribution in [0, 0.1) is 5.92 Å². The summed E-state index contributed by atoms with van der Waals surface area (Å²) in [6, 6.07) is 5.99. The molecule has 1 unspecified atom stereocenters. The van der Waals surface area contributed by atoms with Gasteiger partial charge >= 0.3 is 0 Å². The highest BCUT2D eigenvalue weighted by Crippen LogP contribution is 2.25. The summed E-state index contributed by atoms with van der Waals surface area (Å²) in [5.41, 5.74) is 6.47. The molecule has 0 bridgehead atoms. The van der Waals surface area contributed by atoms with Gasteiger partial charge < -0.3 is 20.7 Å². The highest BCUT2D eigenvalue weighted by atomic mass is 79.9. The van der Waals surface area contributed by atoms with Crippen molar-refractivity contribution in [2.24, 2.45) is 16.6 Å². The van der Waals surface area contributed by atoms with Crippen LogP contribution in [0.15, 0.2) is 27.7 Å². The van der Waals surface area contributed by atoms with E-state index in [0.717, 1.165) is 47.7 Å². The lowest BCUT2D eigenvalue weighted by Gasteiger charge is -2.34. The fraction of sp³-hybridized carbons (Fsp3) is 0.529. The van der Waals surface area contributed by atoms with Gasteiger partial charge in [-0.15, -0.1) is 0 Å². The Morgan fingerprint density at radius 3 is 2.96 bits per heavy atom. The number of ether oxygens (including phenoxy) is 1. The maximum atomic E-state index is 11.2.